The zero-order valence-electron chi connectivity index (χ0n) is 13.7. The Balaban J connectivity index is 2.25. The second-order valence-electron chi connectivity index (χ2n) is 6.92. The average molecular weight is 292 g/mol. The van der Waals surface area contributed by atoms with Crippen molar-refractivity contribution in [2.24, 2.45) is 0 Å². The van der Waals surface area contributed by atoms with E-state index in [1.807, 2.05) is 40.0 Å². The number of likely N-dealkylation sites (N-methyl/N-ethyl adjacent to an activating group) is 1. The van der Waals surface area contributed by atoms with Gasteiger partial charge in [0.05, 0.1) is 0 Å². The highest BCUT2D eigenvalue weighted by molar-refractivity contribution is 5.84. The molecule has 0 aromatic carbocycles. The Morgan fingerprint density at radius 2 is 1.95 bits per heavy atom. The van der Waals surface area contributed by atoms with Gasteiger partial charge in [-0.05, 0) is 52.8 Å². The van der Waals surface area contributed by atoms with E-state index in [1.54, 1.807) is 0 Å². The van der Waals surface area contributed by atoms with Crippen molar-refractivity contribution >= 4 is 5.97 Å². The maximum Gasteiger partial charge on any atom is 0.331 e. The van der Waals surface area contributed by atoms with Crippen molar-refractivity contribution in [3.8, 4) is 0 Å². The molecule has 4 heteroatoms. The van der Waals surface area contributed by atoms with Crippen molar-refractivity contribution in [2.75, 3.05) is 20.1 Å². The smallest absolute Gasteiger partial charge is 0.331 e. The lowest BCUT2D eigenvalue weighted by molar-refractivity contribution is -0.167. The van der Waals surface area contributed by atoms with Crippen LogP contribution in [0.5, 0.6) is 0 Å². The molecule has 2 aliphatic rings. The first-order chi connectivity index (χ1) is 9.87. The molecule has 4 nitrogen and oxygen atoms in total. The van der Waals surface area contributed by atoms with Crippen LogP contribution in [0, 0.1) is 0 Å². The minimum Gasteiger partial charge on any atom is -0.458 e. The van der Waals surface area contributed by atoms with Crippen molar-refractivity contribution in [1.29, 1.82) is 0 Å². The highest BCUT2D eigenvalue weighted by Crippen LogP contribution is 2.32. The molecule has 0 bridgehead atoms. The zero-order chi connectivity index (χ0) is 15.5. The van der Waals surface area contributed by atoms with Gasteiger partial charge in [0, 0.05) is 19.2 Å². The molecule has 1 fully saturated rings. The second kappa shape index (κ2) is 6.22. The number of ether oxygens (including phenoxy) is 1. The summed E-state index contributed by atoms with van der Waals surface area (Å²) in [5.41, 5.74) is -0.0272. The summed E-state index contributed by atoms with van der Waals surface area (Å²) in [7, 11) is 1.90. The third kappa shape index (κ3) is 3.67. The number of allylic oxidation sites excluding steroid dienone is 1. The van der Waals surface area contributed by atoms with Crippen LogP contribution in [-0.2, 0) is 9.53 Å². The van der Waals surface area contributed by atoms with Crippen LogP contribution in [0.1, 0.15) is 46.5 Å². The second-order valence-corrected chi connectivity index (χ2v) is 6.92. The van der Waals surface area contributed by atoms with Crippen LogP contribution in [0.3, 0.4) is 0 Å². The molecule has 0 amide bonds. The quantitative estimate of drug-likeness (QED) is 0.812. The summed E-state index contributed by atoms with van der Waals surface area (Å²) in [6.07, 6.45) is 10.4. The monoisotopic (exact) mass is 292 g/mol. The Hall–Kier alpha value is -1.29. The number of carbonyl (C=O) groups is 1. The molecule has 1 unspecified atom stereocenters. The summed E-state index contributed by atoms with van der Waals surface area (Å²) in [6, 6.07) is 0. The van der Waals surface area contributed by atoms with E-state index in [-0.39, 0.29) is 5.97 Å². The predicted octanol–water partition coefficient (Wildman–Crippen LogP) is 2.62. The first-order valence-corrected chi connectivity index (χ1v) is 7.93. The third-order valence-corrected chi connectivity index (χ3v) is 4.13. The fourth-order valence-electron chi connectivity index (χ4n) is 2.99. The molecule has 0 saturated carbocycles. The Morgan fingerprint density at radius 1 is 1.29 bits per heavy atom. The molecule has 21 heavy (non-hydrogen) atoms. The van der Waals surface area contributed by atoms with Crippen LogP contribution in [0.2, 0.25) is 0 Å². The molecule has 1 N–H and O–H groups in total. The Bertz CT molecular complexity index is 442. The highest BCUT2D eigenvalue weighted by Gasteiger charge is 2.45. The Labute approximate surface area is 128 Å². The van der Waals surface area contributed by atoms with Gasteiger partial charge in [-0.1, -0.05) is 18.6 Å². The maximum atomic E-state index is 12.9. The molecule has 0 radical (unpaired) electrons. The standard InChI is InChI=1S/C17H28N2O2/c1-16(2,3)21-15(20)17(19-12-6-5-7-13-19)10-8-14(18-4)9-11-17/h8-10,18H,5-7,11-13H2,1-4H3. The fraction of sp³-hybridized carbons (Fsp3) is 0.706. The maximum absolute atomic E-state index is 12.9. The lowest BCUT2D eigenvalue weighted by Gasteiger charge is -2.43. The third-order valence-electron chi connectivity index (χ3n) is 4.13. The van der Waals surface area contributed by atoms with Gasteiger partial charge in [-0.25, -0.2) is 4.79 Å². The van der Waals surface area contributed by atoms with Gasteiger partial charge < -0.3 is 10.1 Å². The molecule has 0 aromatic heterocycles. The normalized spacial score (nSPS) is 27.1. The number of piperidine rings is 1. The molecule has 2 rings (SSSR count). The van der Waals surface area contributed by atoms with Gasteiger partial charge in [0.25, 0.3) is 0 Å². The number of nitrogens with one attached hydrogen (secondary N) is 1. The van der Waals surface area contributed by atoms with Crippen molar-refractivity contribution in [3.63, 3.8) is 0 Å². The van der Waals surface area contributed by atoms with Gasteiger partial charge >= 0.3 is 5.97 Å². The molecular weight excluding hydrogens is 264 g/mol. The average Bonchev–Trinajstić information content (AvgIpc) is 2.46. The largest absolute Gasteiger partial charge is 0.458 e. The van der Waals surface area contributed by atoms with Gasteiger partial charge in [0.15, 0.2) is 0 Å². The van der Waals surface area contributed by atoms with Crippen molar-refractivity contribution in [3.05, 3.63) is 23.9 Å². The van der Waals surface area contributed by atoms with Crippen molar-refractivity contribution in [1.82, 2.24) is 10.2 Å². The summed E-state index contributed by atoms with van der Waals surface area (Å²) in [5, 5.41) is 3.14. The zero-order valence-corrected chi connectivity index (χ0v) is 13.7. The van der Waals surface area contributed by atoms with E-state index in [1.165, 1.54) is 6.42 Å². The van der Waals surface area contributed by atoms with Gasteiger partial charge in [0.1, 0.15) is 11.1 Å². The van der Waals surface area contributed by atoms with Gasteiger partial charge in [-0.15, -0.1) is 0 Å². The SMILES string of the molecule is CNC1=CCC(C(=O)OC(C)(C)C)(N2CCCCC2)C=C1. The molecule has 1 aliphatic carbocycles. The van der Waals surface area contributed by atoms with E-state index >= 15 is 0 Å². The van der Waals surface area contributed by atoms with Crippen LogP contribution in [0.15, 0.2) is 23.9 Å². The highest BCUT2D eigenvalue weighted by atomic mass is 16.6. The van der Waals surface area contributed by atoms with Gasteiger partial charge in [0.2, 0.25) is 0 Å². The first-order valence-electron chi connectivity index (χ1n) is 7.93. The van der Waals surface area contributed by atoms with E-state index in [4.69, 9.17) is 4.74 Å². The fourth-order valence-corrected chi connectivity index (χ4v) is 2.99. The van der Waals surface area contributed by atoms with Crippen molar-refractivity contribution in [2.45, 2.75) is 57.6 Å². The number of esters is 1. The molecule has 0 spiro atoms. The van der Waals surface area contributed by atoms with Crippen LogP contribution in [0.25, 0.3) is 0 Å². The number of hydrogen-bond acceptors (Lipinski definition) is 4. The van der Waals surface area contributed by atoms with Crippen LogP contribution >= 0.6 is 0 Å². The van der Waals surface area contributed by atoms with Crippen molar-refractivity contribution < 1.29 is 9.53 Å². The number of likely N-dealkylation sites (tertiary alicyclic amines) is 1. The topological polar surface area (TPSA) is 41.6 Å². The van der Waals surface area contributed by atoms with Gasteiger partial charge in [-0.3, -0.25) is 4.90 Å². The first kappa shape index (κ1) is 16.1. The summed E-state index contributed by atoms with van der Waals surface area (Å²) in [6.45, 7) is 7.71. The molecule has 1 saturated heterocycles. The van der Waals surface area contributed by atoms with Crippen LogP contribution < -0.4 is 5.32 Å². The van der Waals surface area contributed by atoms with E-state index in [0.717, 1.165) is 31.6 Å². The lowest BCUT2D eigenvalue weighted by Crippen LogP contribution is -2.57. The summed E-state index contributed by atoms with van der Waals surface area (Å²) in [5.74, 6) is -0.125. The summed E-state index contributed by atoms with van der Waals surface area (Å²) in [4.78, 5) is 15.2. The number of nitrogens with zero attached hydrogens (tertiary/aromatic N) is 1. The van der Waals surface area contributed by atoms with E-state index in [0.29, 0.717) is 6.42 Å². The molecule has 0 aromatic rings. The van der Waals surface area contributed by atoms with Crippen LogP contribution in [-0.4, -0.2) is 42.1 Å². The summed E-state index contributed by atoms with van der Waals surface area (Å²) < 4.78 is 5.72. The minimum absolute atomic E-state index is 0.125. The van der Waals surface area contributed by atoms with E-state index in [2.05, 4.69) is 16.3 Å². The minimum atomic E-state index is -0.631. The number of rotatable bonds is 3. The molecule has 118 valence electrons. The van der Waals surface area contributed by atoms with E-state index in [9.17, 15) is 4.79 Å². The number of hydrogen-bond donors (Lipinski definition) is 1. The molecular formula is C17H28N2O2. The van der Waals surface area contributed by atoms with Gasteiger partial charge in [-0.2, -0.15) is 0 Å². The lowest BCUT2D eigenvalue weighted by atomic mass is 9.86. The molecule has 1 aliphatic heterocycles. The number of carbonyl (C=O) groups excluding carboxylic acids is 1. The molecule has 1 atom stereocenters. The Kier molecular flexibility index (Phi) is 4.77. The predicted molar refractivity (Wildman–Crippen MR) is 84.9 cm³/mol. The van der Waals surface area contributed by atoms with E-state index < -0.39 is 11.1 Å². The Morgan fingerprint density at radius 3 is 2.43 bits per heavy atom. The molecule has 1 heterocycles. The summed E-state index contributed by atoms with van der Waals surface area (Å²) >= 11 is 0. The van der Waals surface area contributed by atoms with Crippen LogP contribution in [0.4, 0.5) is 0 Å².